The molecule has 0 radical (unpaired) electrons. The normalized spacial score (nSPS) is 22.8. The third-order valence-electron chi connectivity index (χ3n) is 5.58. The second-order valence-corrected chi connectivity index (χ2v) is 7.22. The Morgan fingerprint density at radius 2 is 2.00 bits per heavy atom. The molecule has 1 N–H and O–H groups in total. The van der Waals surface area contributed by atoms with E-state index in [0.717, 1.165) is 45.8 Å². The lowest BCUT2D eigenvalue weighted by molar-refractivity contribution is -0.130. The third-order valence-corrected chi connectivity index (χ3v) is 5.58. The van der Waals surface area contributed by atoms with E-state index in [4.69, 9.17) is 4.74 Å². The molecule has 0 unspecified atom stereocenters. The summed E-state index contributed by atoms with van der Waals surface area (Å²) >= 11 is 0. The highest BCUT2D eigenvalue weighted by atomic mass is 16.5. The molecule has 2 saturated heterocycles. The number of hydrogen-bond acceptors (Lipinski definition) is 3. The first-order valence-corrected chi connectivity index (χ1v) is 8.84. The first-order chi connectivity index (χ1) is 11.2. The number of nitrogens with one attached hydrogen (secondary N) is 1. The molecule has 0 saturated carbocycles. The largest absolute Gasteiger partial charge is 0.372 e. The summed E-state index contributed by atoms with van der Waals surface area (Å²) < 4.78 is 6.16. The van der Waals surface area contributed by atoms with Crippen LogP contribution in [-0.2, 0) is 11.2 Å². The number of ether oxygens (including phenoxy) is 1. The van der Waals surface area contributed by atoms with Crippen molar-refractivity contribution in [3.63, 3.8) is 0 Å². The maximum Gasteiger partial charge on any atom is 0.0833 e. The van der Waals surface area contributed by atoms with Gasteiger partial charge >= 0.3 is 0 Å². The van der Waals surface area contributed by atoms with Gasteiger partial charge in [0.05, 0.1) is 12.2 Å². The average Bonchev–Trinajstić information content (AvgIpc) is 2.98. The summed E-state index contributed by atoms with van der Waals surface area (Å²) in [5.74, 6) is 0. The number of hydrogen-bond donors (Lipinski definition) is 1. The van der Waals surface area contributed by atoms with Gasteiger partial charge in [0.2, 0.25) is 0 Å². The van der Waals surface area contributed by atoms with Crippen molar-refractivity contribution in [3.05, 3.63) is 36.0 Å². The highest BCUT2D eigenvalue weighted by molar-refractivity contribution is 5.83. The van der Waals surface area contributed by atoms with Crippen LogP contribution in [0.1, 0.15) is 18.4 Å². The Kier molecular flexibility index (Phi) is 4.14. The number of rotatable bonds is 3. The molecule has 0 bridgehead atoms. The Hall–Kier alpha value is -1.36. The van der Waals surface area contributed by atoms with Crippen molar-refractivity contribution < 1.29 is 4.74 Å². The number of benzene rings is 1. The summed E-state index contributed by atoms with van der Waals surface area (Å²) in [4.78, 5) is 8.41. The molecule has 1 aromatic carbocycles. The van der Waals surface area contributed by atoms with Crippen LogP contribution >= 0.6 is 0 Å². The van der Waals surface area contributed by atoms with Crippen LogP contribution in [0, 0.1) is 0 Å². The molecule has 2 aliphatic heterocycles. The lowest BCUT2D eigenvalue weighted by Gasteiger charge is -2.46. The molecule has 0 aliphatic carbocycles. The Labute approximate surface area is 138 Å². The zero-order valence-electron chi connectivity index (χ0n) is 14.1. The van der Waals surface area contributed by atoms with Crippen LogP contribution in [0.3, 0.4) is 0 Å². The standard InChI is InChI=1S/C19H27N3O/c1-21-12-13-23-19(15-21)7-10-22(11-8-19)9-6-16-14-20-18-5-3-2-4-17(16)18/h2-5,14,20H,6-13,15H2,1H3. The quantitative estimate of drug-likeness (QED) is 0.945. The number of likely N-dealkylation sites (tertiary alicyclic amines) is 1. The molecule has 4 nitrogen and oxygen atoms in total. The zero-order chi connectivity index (χ0) is 15.7. The summed E-state index contributed by atoms with van der Waals surface area (Å²) in [5, 5.41) is 1.37. The predicted octanol–water partition coefficient (Wildman–Crippen LogP) is 2.51. The van der Waals surface area contributed by atoms with Crippen LogP contribution in [0.15, 0.2) is 30.5 Å². The number of para-hydroxylation sites is 1. The highest BCUT2D eigenvalue weighted by Crippen LogP contribution is 2.30. The maximum atomic E-state index is 6.16. The molecule has 124 valence electrons. The first kappa shape index (κ1) is 15.2. The number of morpholine rings is 1. The number of likely N-dealkylation sites (N-methyl/N-ethyl adjacent to an activating group) is 1. The smallest absolute Gasteiger partial charge is 0.0833 e. The van der Waals surface area contributed by atoms with Crippen molar-refractivity contribution in [2.24, 2.45) is 0 Å². The number of nitrogens with zero attached hydrogens (tertiary/aromatic N) is 2. The zero-order valence-corrected chi connectivity index (χ0v) is 14.1. The number of aromatic nitrogens is 1. The Balaban J connectivity index is 1.33. The predicted molar refractivity (Wildman–Crippen MR) is 93.9 cm³/mol. The molecule has 3 heterocycles. The topological polar surface area (TPSA) is 31.5 Å². The molecule has 2 fully saturated rings. The monoisotopic (exact) mass is 313 g/mol. The number of aromatic amines is 1. The van der Waals surface area contributed by atoms with E-state index in [-0.39, 0.29) is 5.60 Å². The molecule has 1 aromatic heterocycles. The lowest BCUT2D eigenvalue weighted by Crippen LogP contribution is -2.56. The van der Waals surface area contributed by atoms with E-state index in [2.05, 4.69) is 52.3 Å². The molecular weight excluding hydrogens is 286 g/mol. The number of H-pyrrole nitrogens is 1. The fourth-order valence-electron chi connectivity index (χ4n) is 4.14. The number of piperidine rings is 1. The molecule has 2 aliphatic rings. The summed E-state index contributed by atoms with van der Waals surface area (Å²) in [6, 6.07) is 8.59. The second kappa shape index (κ2) is 6.27. The van der Waals surface area contributed by atoms with Crippen molar-refractivity contribution in [2.75, 3.05) is 46.4 Å². The van der Waals surface area contributed by atoms with E-state index < -0.39 is 0 Å². The van der Waals surface area contributed by atoms with Crippen LogP contribution in [0.5, 0.6) is 0 Å². The summed E-state index contributed by atoms with van der Waals surface area (Å²) in [7, 11) is 2.22. The molecule has 23 heavy (non-hydrogen) atoms. The average molecular weight is 313 g/mol. The van der Waals surface area contributed by atoms with Gasteiger partial charge < -0.3 is 19.5 Å². The Morgan fingerprint density at radius 3 is 2.83 bits per heavy atom. The lowest BCUT2D eigenvalue weighted by atomic mass is 9.89. The van der Waals surface area contributed by atoms with E-state index in [9.17, 15) is 0 Å². The van der Waals surface area contributed by atoms with Gasteiger partial charge in [-0.05, 0) is 37.9 Å². The van der Waals surface area contributed by atoms with Crippen LogP contribution in [0.4, 0.5) is 0 Å². The van der Waals surface area contributed by atoms with Crippen LogP contribution < -0.4 is 0 Å². The van der Waals surface area contributed by atoms with Gasteiger partial charge in [0.1, 0.15) is 0 Å². The van der Waals surface area contributed by atoms with Crippen molar-refractivity contribution in [1.82, 2.24) is 14.8 Å². The van der Waals surface area contributed by atoms with Crippen molar-refractivity contribution in [3.8, 4) is 0 Å². The van der Waals surface area contributed by atoms with E-state index >= 15 is 0 Å². The fourth-order valence-corrected chi connectivity index (χ4v) is 4.14. The minimum atomic E-state index is 0.129. The minimum Gasteiger partial charge on any atom is -0.372 e. The Bertz CT molecular complexity index is 657. The van der Waals surface area contributed by atoms with Crippen LogP contribution in [-0.4, -0.2) is 66.8 Å². The summed E-state index contributed by atoms with van der Waals surface area (Å²) in [5.41, 5.74) is 2.82. The van der Waals surface area contributed by atoms with Gasteiger partial charge in [-0.2, -0.15) is 0 Å². The van der Waals surface area contributed by atoms with Crippen molar-refractivity contribution in [2.45, 2.75) is 24.9 Å². The minimum absolute atomic E-state index is 0.129. The molecule has 0 atom stereocenters. The van der Waals surface area contributed by atoms with Gasteiger partial charge in [0.25, 0.3) is 0 Å². The molecular formula is C19H27N3O. The van der Waals surface area contributed by atoms with Crippen molar-refractivity contribution >= 4 is 10.9 Å². The molecule has 1 spiro atoms. The van der Waals surface area contributed by atoms with E-state index in [1.165, 1.54) is 29.3 Å². The number of fused-ring (bicyclic) bond motifs is 1. The Morgan fingerprint density at radius 1 is 1.17 bits per heavy atom. The van der Waals surface area contributed by atoms with Gasteiger partial charge in [0, 0.05) is 49.8 Å². The SMILES string of the molecule is CN1CCOC2(CCN(CCc3c[nH]c4ccccc34)CC2)C1. The van der Waals surface area contributed by atoms with Gasteiger partial charge in [-0.25, -0.2) is 0 Å². The van der Waals surface area contributed by atoms with Crippen molar-refractivity contribution in [1.29, 1.82) is 0 Å². The van der Waals surface area contributed by atoms with E-state index in [0.29, 0.717) is 0 Å². The third kappa shape index (κ3) is 3.16. The van der Waals surface area contributed by atoms with E-state index in [1.54, 1.807) is 0 Å². The summed E-state index contributed by atoms with van der Waals surface area (Å²) in [6.45, 7) is 6.54. The van der Waals surface area contributed by atoms with Crippen LogP contribution in [0.25, 0.3) is 10.9 Å². The molecule has 4 heteroatoms. The molecule has 0 amide bonds. The van der Waals surface area contributed by atoms with Gasteiger partial charge in [-0.1, -0.05) is 18.2 Å². The maximum absolute atomic E-state index is 6.16. The first-order valence-electron chi connectivity index (χ1n) is 8.84. The van der Waals surface area contributed by atoms with Gasteiger partial charge in [0.15, 0.2) is 0 Å². The van der Waals surface area contributed by atoms with E-state index in [1.807, 2.05) is 0 Å². The van der Waals surface area contributed by atoms with Gasteiger partial charge in [-0.3, -0.25) is 0 Å². The second-order valence-electron chi connectivity index (χ2n) is 7.22. The molecule has 4 rings (SSSR count). The summed E-state index contributed by atoms with van der Waals surface area (Å²) in [6.07, 6.45) is 5.64. The molecule has 2 aromatic rings. The highest BCUT2D eigenvalue weighted by Gasteiger charge is 2.38. The van der Waals surface area contributed by atoms with Gasteiger partial charge in [-0.15, -0.1) is 0 Å². The van der Waals surface area contributed by atoms with Crippen LogP contribution in [0.2, 0.25) is 0 Å². The fraction of sp³-hybridized carbons (Fsp3) is 0.579.